The van der Waals surface area contributed by atoms with Crippen LogP contribution in [0, 0.1) is 0 Å². The maximum atomic E-state index is 6.03. The average molecular weight is 292 g/mol. The minimum atomic E-state index is -0.401. The number of hydrogen-bond acceptors (Lipinski definition) is 3. The first-order chi connectivity index (χ1) is 9.71. The van der Waals surface area contributed by atoms with Crippen molar-refractivity contribution in [3.05, 3.63) is 18.2 Å². The van der Waals surface area contributed by atoms with E-state index in [4.69, 9.17) is 21.7 Å². The third kappa shape index (κ3) is 2.68. The van der Waals surface area contributed by atoms with Crippen LogP contribution in [0.1, 0.15) is 39.0 Å². The van der Waals surface area contributed by atoms with Crippen LogP contribution in [0.25, 0.3) is 0 Å². The second-order valence-electron chi connectivity index (χ2n) is 5.36. The summed E-state index contributed by atoms with van der Waals surface area (Å²) < 4.78 is 12.0. The average Bonchev–Trinajstić information content (AvgIpc) is 3.02. The molecule has 1 aromatic carbocycles. The van der Waals surface area contributed by atoms with E-state index in [1.807, 2.05) is 18.2 Å². The summed E-state index contributed by atoms with van der Waals surface area (Å²) >= 11 is 5.24. The zero-order valence-electron chi connectivity index (χ0n) is 11.7. The van der Waals surface area contributed by atoms with Gasteiger partial charge in [0.25, 0.3) is 5.79 Å². The Morgan fingerprint density at radius 3 is 2.75 bits per heavy atom. The normalized spacial score (nSPS) is 18.2. The molecule has 1 aromatic rings. The molecule has 1 heterocycles. The fourth-order valence-electron chi connectivity index (χ4n) is 2.70. The summed E-state index contributed by atoms with van der Waals surface area (Å²) in [7, 11) is 0. The molecule has 4 nitrogen and oxygen atoms in total. The molecule has 1 spiro atoms. The van der Waals surface area contributed by atoms with Crippen LogP contribution in [0.3, 0.4) is 0 Å². The molecule has 0 bridgehead atoms. The quantitative estimate of drug-likeness (QED) is 0.836. The Morgan fingerprint density at radius 2 is 2.00 bits per heavy atom. The first-order valence-corrected chi connectivity index (χ1v) is 7.68. The van der Waals surface area contributed by atoms with Crippen molar-refractivity contribution < 1.29 is 9.47 Å². The lowest BCUT2D eigenvalue weighted by Gasteiger charge is -2.21. The predicted octanol–water partition coefficient (Wildman–Crippen LogP) is 3.42. The molecule has 0 atom stereocenters. The molecule has 5 heteroatoms. The van der Waals surface area contributed by atoms with Crippen LogP contribution in [0.15, 0.2) is 18.2 Å². The van der Waals surface area contributed by atoms with E-state index in [-0.39, 0.29) is 0 Å². The van der Waals surface area contributed by atoms with E-state index < -0.39 is 5.79 Å². The summed E-state index contributed by atoms with van der Waals surface area (Å²) in [5.41, 5.74) is 0.927. The molecular weight excluding hydrogens is 272 g/mol. The smallest absolute Gasteiger partial charge is 0.251 e. The highest BCUT2D eigenvalue weighted by Gasteiger charge is 2.44. The molecule has 1 fully saturated rings. The second kappa shape index (κ2) is 5.48. The maximum Gasteiger partial charge on any atom is 0.251 e. The van der Waals surface area contributed by atoms with E-state index in [0.29, 0.717) is 5.11 Å². The SMILES string of the molecule is CCCNC(=S)Nc1ccc2c(c1)OC1(CCCC1)O2. The van der Waals surface area contributed by atoms with Crippen molar-refractivity contribution >= 4 is 23.0 Å². The Kier molecular flexibility index (Phi) is 3.70. The van der Waals surface area contributed by atoms with Gasteiger partial charge in [0.1, 0.15) is 0 Å². The molecule has 3 rings (SSSR count). The highest BCUT2D eigenvalue weighted by molar-refractivity contribution is 7.80. The number of anilines is 1. The van der Waals surface area contributed by atoms with Crippen molar-refractivity contribution in [1.82, 2.24) is 5.32 Å². The van der Waals surface area contributed by atoms with Crippen LogP contribution in [-0.2, 0) is 0 Å². The lowest BCUT2D eigenvalue weighted by molar-refractivity contribution is -0.0716. The van der Waals surface area contributed by atoms with E-state index in [1.54, 1.807) is 0 Å². The van der Waals surface area contributed by atoms with Crippen LogP contribution in [0.5, 0.6) is 11.5 Å². The van der Waals surface area contributed by atoms with Gasteiger partial charge in [-0.3, -0.25) is 0 Å². The summed E-state index contributed by atoms with van der Waals surface area (Å²) in [6, 6.07) is 5.88. The number of ether oxygens (including phenoxy) is 2. The van der Waals surface area contributed by atoms with Crippen LogP contribution in [0.4, 0.5) is 5.69 Å². The van der Waals surface area contributed by atoms with Crippen molar-refractivity contribution in [1.29, 1.82) is 0 Å². The van der Waals surface area contributed by atoms with E-state index in [2.05, 4.69) is 17.6 Å². The molecule has 0 amide bonds. The molecule has 2 N–H and O–H groups in total. The summed E-state index contributed by atoms with van der Waals surface area (Å²) in [5, 5.41) is 6.96. The van der Waals surface area contributed by atoms with E-state index >= 15 is 0 Å². The van der Waals surface area contributed by atoms with Crippen molar-refractivity contribution in [2.45, 2.75) is 44.8 Å². The third-order valence-electron chi connectivity index (χ3n) is 3.69. The number of fused-ring (bicyclic) bond motifs is 1. The molecule has 0 unspecified atom stereocenters. The summed E-state index contributed by atoms with van der Waals surface area (Å²) in [5.74, 6) is 1.25. The van der Waals surface area contributed by atoms with Crippen LogP contribution in [0.2, 0.25) is 0 Å². The van der Waals surface area contributed by atoms with E-state index in [9.17, 15) is 0 Å². The molecule has 20 heavy (non-hydrogen) atoms. The number of benzene rings is 1. The minimum Gasteiger partial charge on any atom is -0.448 e. The van der Waals surface area contributed by atoms with Gasteiger partial charge >= 0.3 is 0 Å². The van der Waals surface area contributed by atoms with Gasteiger partial charge in [-0.25, -0.2) is 0 Å². The molecule has 0 saturated heterocycles. The Morgan fingerprint density at radius 1 is 1.25 bits per heavy atom. The second-order valence-corrected chi connectivity index (χ2v) is 5.77. The lowest BCUT2D eigenvalue weighted by Crippen LogP contribution is -2.34. The topological polar surface area (TPSA) is 42.5 Å². The number of nitrogens with one attached hydrogen (secondary N) is 2. The zero-order valence-corrected chi connectivity index (χ0v) is 12.5. The Bertz CT molecular complexity index is 513. The first kappa shape index (κ1) is 13.5. The summed E-state index contributed by atoms with van der Waals surface area (Å²) in [6.45, 7) is 2.98. The molecule has 1 aliphatic carbocycles. The number of thiocarbonyl (C=S) groups is 1. The van der Waals surface area contributed by atoms with Gasteiger partial charge in [-0.05, 0) is 43.6 Å². The summed E-state index contributed by atoms with van der Waals surface area (Å²) in [4.78, 5) is 0. The van der Waals surface area contributed by atoms with Crippen molar-refractivity contribution in [3.63, 3.8) is 0 Å². The highest BCUT2D eigenvalue weighted by atomic mass is 32.1. The summed E-state index contributed by atoms with van der Waals surface area (Å²) in [6.07, 6.45) is 5.33. The monoisotopic (exact) mass is 292 g/mol. The van der Waals surface area contributed by atoms with Gasteiger partial charge in [0, 0.05) is 31.1 Å². The lowest BCUT2D eigenvalue weighted by atomic mass is 10.2. The molecule has 0 radical (unpaired) electrons. The molecule has 1 saturated carbocycles. The van der Waals surface area contributed by atoms with E-state index in [1.165, 1.54) is 12.8 Å². The predicted molar refractivity (Wildman–Crippen MR) is 83.4 cm³/mol. The molecule has 1 aliphatic heterocycles. The fourth-order valence-corrected chi connectivity index (χ4v) is 2.92. The van der Waals surface area contributed by atoms with Crippen LogP contribution < -0.4 is 20.1 Å². The van der Waals surface area contributed by atoms with E-state index in [0.717, 1.165) is 43.0 Å². The molecule has 2 aliphatic rings. The van der Waals surface area contributed by atoms with Gasteiger partial charge in [0.05, 0.1) is 0 Å². The standard InChI is InChI=1S/C15H20N2O2S/c1-2-9-16-14(20)17-11-5-6-12-13(10-11)19-15(18-12)7-3-4-8-15/h5-6,10H,2-4,7-9H2,1H3,(H2,16,17,20). The van der Waals surface area contributed by atoms with Crippen LogP contribution >= 0.6 is 12.2 Å². The van der Waals surface area contributed by atoms with Crippen molar-refractivity contribution in [2.75, 3.05) is 11.9 Å². The largest absolute Gasteiger partial charge is 0.448 e. The highest BCUT2D eigenvalue weighted by Crippen LogP contribution is 2.47. The maximum absolute atomic E-state index is 6.03. The van der Waals surface area contributed by atoms with Gasteiger partial charge in [0.15, 0.2) is 16.6 Å². The minimum absolute atomic E-state index is 0.401. The first-order valence-electron chi connectivity index (χ1n) is 7.28. The molecular formula is C15H20N2O2S. The van der Waals surface area contributed by atoms with Gasteiger partial charge in [-0.15, -0.1) is 0 Å². The van der Waals surface area contributed by atoms with Gasteiger partial charge < -0.3 is 20.1 Å². The zero-order chi connectivity index (χ0) is 14.0. The van der Waals surface area contributed by atoms with Gasteiger partial charge in [0.2, 0.25) is 0 Å². The van der Waals surface area contributed by atoms with Gasteiger partial charge in [-0.2, -0.15) is 0 Å². The van der Waals surface area contributed by atoms with Crippen molar-refractivity contribution in [2.24, 2.45) is 0 Å². The number of rotatable bonds is 3. The molecule has 108 valence electrons. The van der Waals surface area contributed by atoms with Crippen LogP contribution in [-0.4, -0.2) is 17.4 Å². The third-order valence-corrected chi connectivity index (χ3v) is 3.94. The van der Waals surface area contributed by atoms with Crippen molar-refractivity contribution in [3.8, 4) is 11.5 Å². The Labute approximate surface area is 124 Å². The fraction of sp³-hybridized carbons (Fsp3) is 0.533. The Balaban J connectivity index is 1.67. The van der Waals surface area contributed by atoms with Gasteiger partial charge in [-0.1, -0.05) is 6.92 Å². The molecule has 0 aromatic heterocycles. The Hall–Kier alpha value is -1.49. The number of hydrogen-bond donors (Lipinski definition) is 2.